The van der Waals surface area contributed by atoms with Crippen LogP contribution in [-0.2, 0) is 4.79 Å². The molecule has 1 saturated heterocycles. The topological polar surface area (TPSA) is 61.4 Å². The van der Waals surface area contributed by atoms with Gasteiger partial charge in [-0.25, -0.2) is 4.79 Å². The Bertz CT molecular complexity index is 594. The van der Waals surface area contributed by atoms with Crippen molar-refractivity contribution in [3.8, 4) is 0 Å². The highest BCUT2D eigenvalue weighted by Gasteiger charge is 2.30. The highest BCUT2D eigenvalue weighted by Crippen LogP contribution is 2.27. The maximum absolute atomic E-state index is 12.4. The molecule has 24 heavy (non-hydrogen) atoms. The van der Waals surface area contributed by atoms with Crippen LogP contribution in [0.3, 0.4) is 0 Å². The molecule has 6 heteroatoms. The number of hydrogen-bond acceptors (Lipinski definition) is 2. The third-order valence-corrected chi connectivity index (χ3v) is 5.16. The van der Waals surface area contributed by atoms with Crippen molar-refractivity contribution in [1.82, 2.24) is 10.2 Å². The van der Waals surface area contributed by atoms with Crippen LogP contribution in [-0.4, -0.2) is 36.0 Å². The average Bonchev–Trinajstić information content (AvgIpc) is 3.09. The zero-order valence-electron chi connectivity index (χ0n) is 13.8. The fraction of sp³-hybridized carbons (Fsp3) is 0.556. The molecule has 1 heterocycles. The molecule has 5 nitrogen and oxygen atoms in total. The number of anilines is 1. The molecule has 0 atom stereocenters. The monoisotopic (exact) mass is 349 g/mol. The van der Waals surface area contributed by atoms with Gasteiger partial charge in [-0.05, 0) is 43.9 Å². The fourth-order valence-corrected chi connectivity index (χ4v) is 3.78. The SMILES string of the molecule is O=C(Nc1cccc(Cl)c1)NC1CCN(C(=O)C2CCCC2)CC1. The number of halogens is 1. The first-order chi connectivity index (χ1) is 11.6. The summed E-state index contributed by atoms with van der Waals surface area (Å²) in [4.78, 5) is 26.5. The molecule has 0 aromatic heterocycles. The molecule has 0 spiro atoms. The maximum atomic E-state index is 12.4. The van der Waals surface area contributed by atoms with Crippen molar-refractivity contribution < 1.29 is 9.59 Å². The van der Waals surface area contributed by atoms with E-state index < -0.39 is 0 Å². The molecular weight excluding hydrogens is 326 g/mol. The number of urea groups is 1. The number of hydrogen-bond donors (Lipinski definition) is 2. The Morgan fingerprint density at radius 3 is 2.46 bits per heavy atom. The van der Waals surface area contributed by atoms with Crippen LogP contribution in [0.2, 0.25) is 5.02 Å². The lowest BCUT2D eigenvalue weighted by Gasteiger charge is -2.33. The summed E-state index contributed by atoms with van der Waals surface area (Å²) in [7, 11) is 0. The van der Waals surface area contributed by atoms with Crippen molar-refractivity contribution in [2.45, 2.75) is 44.6 Å². The van der Waals surface area contributed by atoms with Gasteiger partial charge in [0.15, 0.2) is 0 Å². The highest BCUT2D eigenvalue weighted by atomic mass is 35.5. The number of carbonyl (C=O) groups is 2. The van der Waals surface area contributed by atoms with Gasteiger partial charge in [0.2, 0.25) is 5.91 Å². The molecule has 1 aliphatic heterocycles. The number of rotatable bonds is 3. The molecule has 0 unspecified atom stereocenters. The molecule has 130 valence electrons. The van der Waals surface area contributed by atoms with E-state index in [0.717, 1.165) is 38.8 Å². The van der Waals surface area contributed by atoms with E-state index in [9.17, 15) is 9.59 Å². The predicted molar refractivity (Wildman–Crippen MR) is 95.2 cm³/mol. The van der Waals surface area contributed by atoms with E-state index in [1.54, 1.807) is 24.3 Å². The van der Waals surface area contributed by atoms with Gasteiger partial charge in [0.25, 0.3) is 0 Å². The Morgan fingerprint density at radius 2 is 1.79 bits per heavy atom. The Morgan fingerprint density at radius 1 is 1.08 bits per heavy atom. The predicted octanol–water partition coefficient (Wildman–Crippen LogP) is 3.64. The minimum Gasteiger partial charge on any atom is -0.342 e. The average molecular weight is 350 g/mol. The lowest BCUT2D eigenvalue weighted by Crippen LogP contribution is -2.48. The summed E-state index contributed by atoms with van der Waals surface area (Å²) in [6, 6.07) is 6.96. The lowest BCUT2D eigenvalue weighted by molar-refractivity contribution is -0.136. The summed E-state index contributed by atoms with van der Waals surface area (Å²) in [5.41, 5.74) is 0.675. The number of nitrogens with zero attached hydrogens (tertiary/aromatic N) is 1. The summed E-state index contributed by atoms with van der Waals surface area (Å²) in [5, 5.41) is 6.37. The van der Waals surface area contributed by atoms with Gasteiger partial charge >= 0.3 is 6.03 Å². The van der Waals surface area contributed by atoms with Crippen LogP contribution in [0.4, 0.5) is 10.5 Å². The van der Waals surface area contributed by atoms with Gasteiger partial charge in [0.05, 0.1) is 0 Å². The molecule has 0 radical (unpaired) electrons. The van der Waals surface area contributed by atoms with Gasteiger partial charge in [-0.1, -0.05) is 30.5 Å². The van der Waals surface area contributed by atoms with Gasteiger partial charge in [-0.2, -0.15) is 0 Å². The van der Waals surface area contributed by atoms with Crippen LogP contribution in [0.25, 0.3) is 0 Å². The first-order valence-corrected chi connectivity index (χ1v) is 9.11. The minimum atomic E-state index is -0.224. The van der Waals surface area contributed by atoms with Crippen LogP contribution in [0.5, 0.6) is 0 Å². The van der Waals surface area contributed by atoms with E-state index in [-0.39, 0.29) is 18.0 Å². The van der Waals surface area contributed by atoms with Crippen molar-refractivity contribution in [3.05, 3.63) is 29.3 Å². The summed E-state index contributed by atoms with van der Waals surface area (Å²) in [6.45, 7) is 1.47. The second-order valence-electron chi connectivity index (χ2n) is 6.69. The van der Waals surface area contributed by atoms with E-state index in [1.807, 2.05) is 4.90 Å². The number of carbonyl (C=O) groups excluding carboxylic acids is 2. The maximum Gasteiger partial charge on any atom is 0.319 e. The van der Waals surface area contributed by atoms with Crippen LogP contribution < -0.4 is 10.6 Å². The van der Waals surface area contributed by atoms with E-state index in [0.29, 0.717) is 16.6 Å². The second kappa shape index (κ2) is 7.88. The molecule has 1 aromatic rings. The van der Waals surface area contributed by atoms with E-state index in [4.69, 9.17) is 11.6 Å². The van der Waals surface area contributed by atoms with Crippen molar-refractivity contribution in [2.75, 3.05) is 18.4 Å². The standard InChI is InChI=1S/C18H24ClN3O2/c19-14-6-3-7-16(12-14)21-18(24)20-15-8-10-22(11-9-15)17(23)13-4-1-2-5-13/h3,6-7,12-13,15H,1-2,4-5,8-11H2,(H2,20,21,24). The van der Waals surface area contributed by atoms with Crippen molar-refractivity contribution in [2.24, 2.45) is 5.92 Å². The quantitative estimate of drug-likeness (QED) is 0.875. The summed E-state index contributed by atoms with van der Waals surface area (Å²) >= 11 is 5.91. The van der Waals surface area contributed by atoms with Crippen LogP contribution in [0, 0.1) is 5.92 Å². The Labute approximate surface area is 147 Å². The first kappa shape index (κ1) is 17.1. The smallest absolute Gasteiger partial charge is 0.319 e. The summed E-state index contributed by atoms with van der Waals surface area (Å²) in [6.07, 6.45) is 6.05. The number of piperidine rings is 1. The first-order valence-electron chi connectivity index (χ1n) is 8.74. The van der Waals surface area contributed by atoms with Crippen LogP contribution >= 0.6 is 11.6 Å². The molecular formula is C18H24ClN3O2. The lowest BCUT2D eigenvalue weighted by atomic mass is 10.0. The highest BCUT2D eigenvalue weighted by molar-refractivity contribution is 6.30. The molecule has 1 aliphatic carbocycles. The van der Waals surface area contributed by atoms with Crippen LogP contribution in [0.1, 0.15) is 38.5 Å². The van der Waals surface area contributed by atoms with E-state index in [1.165, 1.54) is 12.8 Å². The van der Waals surface area contributed by atoms with E-state index >= 15 is 0 Å². The van der Waals surface area contributed by atoms with Crippen LogP contribution in [0.15, 0.2) is 24.3 Å². The molecule has 2 aliphatic rings. The fourth-order valence-electron chi connectivity index (χ4n) is 3.59. The molecule has 0 bridgehead atoms. The van der Waals surface area contributed by atoms with Gasteiger partial charge < -0.3 is 15.5 Å². The minimum absolute atomic E-state index is 0.108. The zero-order valence-corrected chi connectivity index (χ0v) is 14.5. The zero-order chi connectivity index (χ0) is 16.9. The number of nitrogens with one attached hydrogen (secondary N) is 2. The molecule has 3 amide bonds. The normalized spacial score (nSPS) is 19.3. The molecule has 2 fully saturated rings. The Hall–Kier alpha value is -1.75. The third kappa shape index (κ3) is 4.41. The Balaban J connectivity index is 1.43. The number of amides is 3. The van der Waals surface area contributed by atoms with Crippen molar-refractivity contribution >= 4 is 29.2 Å². The number of benzene rings is 1. The van der Waals surface area contributed by atoms with Gasteiger partial charge in [-0.15, -0.1) is 0 Å². The molecule has 1 aromatic carbocycles. The third-order valence-electron chi connectivity index (χ3n) is 4.93. The van der Waals surface area contributed by atoms with E-state index in [2.05, 4.69) is 10.6 Å². The molecule has 2 N–H and O–H groups in total. The second-order valence-corrected chi connectivity index (χ2v) is 7.13. The summed E-state index contributed by atoms with van der Waals surface area (Å²) in [5.74, 6) is 0.551. The van der Waals surface area contributed by atoms with Gasteiger partial charge in [0.1, 0.15) is 0 Å². The molecule has 3 rings (SSSR count). The van der Waals surface area contributed by atoms with Gasteiger partial charge in [0, 0.05) is 35.8 Å². The Kier molecular flexibility index (Phi) is 5.61. The largest absolute Gasteiger partial charge is 0.342 e. The molecule has 1 saturated carbocycles. The number of likely N-dealkylation sites (tertiary alicyclic amines) is 1. The van der Waals surface area contributed by atoms with Gasteiger partial charge in [-0.3, -0.25) is 4.79 Å². The van der Waals surface area contributed by atoms with Crippen molar-refractivity contribution in [3.63, 3.8) is 0 Å². The van der Waals surface area contributed by atoms with Crippen molar-refractivity contribution in [1.29, 1.82) is 0 Å². The summed E-state index contributed by atoms with van der Waals surface area (Å²) < 4.78 is 0.